The van der Waals surface area contributed by atoms with Crippen molar-refractivity contribution in [2.24, 2.45) is 0 Å². The van der Waals surface area contributed by atoms with Gasteiger partial charge in [-0.2, -0.15) is 13.2 Å². The van der Waals surface area contributed by atoms with E-state index in [9.17, 15) is 26.4 Å². The molecule has 0 aliphatic rings. The highest BCUT2D eigenvalue weighted by atomic mass is 35.5. The number of benzene rings is 1. The summed E-state index contributed by atoms with van der Waals surface area (Å²) in [5.74, 6) is -1.19. The Balaban J connectivity index is 2.48. The number of rotatable bonds is 5. The predicted molar refractivity (Wildman–Crippen MR) is 77.7 cm³/mol. The molecule has 0 bridgehead atoms. The first-order valence-corrected chi connectivity index (χ1v) is 8.04. The zero-order valence-corrected chi connectivity index (χ0v) is 13.2. The van der Waals surface area contributed by atoms with Gasteiger partial charge in [-0.05, 0) is 24.3 Å². The summed E-state index contributed by atoms with van der Waals surface area (Å²) in [6.07, 6.45) is 1.38. The molecule has 0 radical (unpaired) electrons. The Labute approximate surface area is 138 Å². The maximum absolute atomic E-state index is 12.6. The smallest absolute Gasteiger partial charge is 0.478 e. The van der Waals surface area contributed by atoms with Crippen LogP contribution in [-0.2, 0) is 16.4 Å². The van der Waals surface area contributed by atoms with Gasteiger partial charge in [0, 0.05) is 0 Å². The van der Waals surface area contributed by atoms with E-state index in [2.05, 4.69) is 5.32 Å². The van der Waals surface area contributed by atoms with Crippen molar-refractivity contribution in [3.63, 3.8) is 0 Å². The molecule has 1 aromatic heterocycles. The molecule has 0 saturated heterocycles. The molecule has 11 heteroatoms. The average molecular weight is 384 g/mol. The summed E-state index contributed by atoms with van der Waals surface area (Å²) in [4.78, 5) is 9.92. The van der Waals surface area contributed by atoms with Gasteiger partial charge >= 0.3 is 11.5 Å². The molecule has 2 aromatic rings. The minimum absolute atomic E-state index is 0.0228. The van der Waals surface area contributed by atoms with Crippen molar-refractivity contribution in [1.82, 2.24) is 0 Å². The highest BCUT2D eigenvalue weighted by Gasteiger charge is 2.48. The second kappa shape index (κ2) is 6.36. The molecule has 0 amide bonds. The molecule has 24 heavy (non-hydrogen) atoms. The fourth-order valence-corrected chi connectivity index (χ4v) is 3.11. The van der Waals surface area contributed by atoms with Crippen molar-refractivity contribution in [3.05, 3.63) is 46.9 Å². The third-order valence-electron chi connectivity index (χ3n) is 2.93. The van der Waals surface area contributed by atoms with E-state index in [4.69, 9.17) is 21.1 Å². The number of hydrogen-bond acceptors (Lipinski definition) is 5. The SMILES string of the molecule is O=C(O)c1cc(S(=O)(=O)C(F)(F)F)c(Cl)cc1NCc1ccco1. The molecule has 0 fully saturated rings. The first kappa shape index (κ1) is 18.1. The van der Waals surface area contributed by atoms with Gasteiger partial charge in [-0.25, -0.2) is 13.2 Å². The molecular formula is C13H9ClF3NO5S. The Kier molecular flexibility index (Phi) is 4.81. The van der Waals surface area contributed by atoms with Crippen LogP contribution in [0, 0.1) is 0 Å². The van der Waals surface area contributed by atoms with E-state index in [-0.39, 0.29) is 12.2 Å². The molecule has 2 N–H and O–H groups in total. The summed E-state index contributed by atoms with van der Waals surface area (Å²) in [5, 5.41) is 11.0. The molecular weight excluding hydrogens is 375 g/mol. The summed E-state index contributed by atoms with van der Waals surface area (Å²) >= 11 is 5.62. The second-order valence-electron chi connectivity index (χ2n) is 4.52. The maximum Gasteiger partial charge on any atom is 0.501 e. The van der Waals surface area contributed by atoms with E-state index >= 15 is 0 Å². The number of anilines is 1. The van der Waals surface area contributed by atoms with E-state index in [1.54, 1.807) is 12.1 Å². The zero-order valence-electron chi connectivity index (χ0n) is 11.6. The van der Waals surface area contributed by atoms with Gasteiger partial charge in [0.05, 0.1) is 34.0 Å². The molecule has 0 spiro atoms. The minimum Gasteiger partial charge on any atom is -0.478 e. The lowest BCUT2D eigenvalue weighted by molar-refractivity contribution is -0.0436. The Morgan fingerprint density at radius 3 is 2.50 bits per heavy atom. The summed E-state index contributed by atoms with van der Waals surface area (Å²) < 4.78 is 65.9. The Morgan fingerprint density at radius 2 is 2.00 bits per heavy atom. The molecule has 0 atom stereocenters. The fraction of sp³-hybridized carbons (Fsp3) is 0.154. The van der Waals surface area contributed by atoms with Crippen molar-refractivity contribution in [2.75, 3.05) is 5.32 Å². The van der Waals surface area contributed by atoms with Crippen molar-refractivity contribution < 1.29 is 35.9 Å². The molecule has 0 saturated carbocycles. The summed E-state index contributed by atoms with van der Waals surface area (Å²) in [6, 6.07) is 4.35. The number of alkyl halides is 3. The molecule has 130 valence electrons. The number of carboxylic acids is 1. The first-order chi connectivity index (χ1) is 11.0. The molecule has 0 unspecified atom stereocenters. The summed E-state index contributed by atoms with van der Waals surface area (Å²) in [5.41, 5.74) is -6.42. The van der Waals surface area contributed by atoms with Crippen LogP contribution in [-0.4, -0.2) is 25.0 Å². The number of nitrogens with one attached hydrogen (secondary N) is 1. The molecule has 1 aromatic carbocycles. The normalized spacial score (nSPS) is 12.2. The lowest BCUT2D eigenvalue weighted by atomic mass is 10.1. The first-order valence-electron chi connectivity index (χ1n) is 6.18. The lowest BCUT2D eigenvalue weighted by Gasteiger charge is -2.14. The predicted octanol–water partition coefficient (Wildman–Crippen LogP) is 3.54. The van der Waals surface area contributed by atoms with E-state index in [0.29, 0.717) is 11.8 Å². The number of furan rings is 1. The Hall–Kier alpha value is -2.20. The van der Waals surface area contributed by atoms with Gasteiger partial charge in [-0.15, -0.1) is 0 Å². The van der Waals surface area contributed by atoms with Crippen LogP contribution in [0.25, 0.3) is 0 Å². The molecule has 0 aliphatic heterocycles. The second-order valence-corrected chi connectivity index (χ2v) is 6.83. The van der Waals surface area contributed by atoms with E-state index in [1.165, 1.54) is 6.26 Å². The van der Waals surface area contributed by atoms with Gasteiger partial charge in [-0.3, -0.25) is 0 Å². The highest BCUT2D eigenvalue weighted by molar-refractivity contribution is 7.92. The van der Waals surface area contributed by atoms with Gasteiger partial charge in [0.25, 0.3) is 9.84 Å². The Morgan fingerprint density at radius 1 is 1.33 bits per heavy atom. The van der Waals surface area contributed by atoms with Gasteiger partial charge < -0.3 is 14.8 Å². The number of sulfone groups is 1. The maximum atomic E-state index is 12.6. The summed E-state index contributed by atoms with van der Waals surface area (Å²) in [7, 11) is -5.78. The minimum atomic E-state index is -5.78. The van der Waals surface area contributed by atoms with Crippen molar-refractivity contribution in [2.45, 2.75) is 16.9 Å². The third-order valence-corrected chi connectivity index (χ3v) is 4.88. The zero-order chi connectivity index (χ0) is 18.1. The van der Waals surface area contributed by atoms with E-state index < -0.39 is 36.8 Å². The lowest BCUT2D eigenvalue weighted by Crippen LogP contribution is -2.24. The van der Waals surface area contributed by atoms with Gasteiger partial charge in [0.1, 0.15) is 5.76 Å². The van der Waals surface area contributed by atoms with Crippen LogP contribution in [0.15, 0.2) is 39.8 Å². The topological polar surface area (TPSA) is 96.6 Å². The number of halogens is 4. The van der Waals surface area contributed by atoms with Crippen LogP contribution in [0.4, 0.5) is 18.9 Å². The monoisotopic (exact) mass is 383 g/mol. The number of carbonyl (C=O) groups is 1. The van der Waals surface area contributed by atoms with Crippen molar-refractivity contribution >= 4 is 33.1 Å². The molecule has 1 heterocycles. The number of aromatic carboxylic acids is 1. The molecule has 0 aliphatic carbocycles. The van der Waals surface area contributed by atoms with Gasteiger partial charge in [-0.1, -0.05) is 11.6 Å². The van der Waals surface area contributed by atoms with Gasteiger partial charge in [0.2, 0.25) is 0 Å². The Bertz CT molecular complexity index is 862. The quantitative estimate of drug-likeness (QED) is 0.819. The highest BCUT2D eigenvalue weighted by Crippen LogP contribution is 2.37. The standard InChI is InChI=1S/C13H9ClF3NO5S/c14-9-5-10(18-6-7-2-1-3-23-7)8(12(19)20)4-11(9)24(21,22)13(15,16)17/h1-5,18H,6H2,(H,19,20). The summed E-state index contributed by atoms with van der Waals surface area (Å²) in [6.45, 7) is 0.0228. The van der Waals surface area contributed by atoms with Crippen LogP contribution in [0.1, 0.15) is 16.1 Å². The third kappa shape index (κ3) is 3.49. The van der Waals surface area contributed by atoms with Crippen LogP contribution < -0.4 is 5.32 Å². The average Bonchev–Trinajstić information content (AvgIpc) is 2.96. The number of carboxylic acid groups (broad SMARTS) is 1. The molecule has 2 rings (SSSR count). The van der Waals surface area contributed by atoms with Crippen LogP contribution in [0.3, 0.4) is 0 Å². The van der Waals surface area contributed by atoms with Crippen LogP contribution in [0.2, 0.25) is 5.02 Å². The fourth-order valence-electron chi connectivity index (χ4n) is 1.80. The van der Waals surface area contributed by atoms with Crippen LogP contribution in [0.5, 0.6) is 0 Å². The van der Waals surface area contributed by atoms with E-state index in [1.807, 2.05) is 0 Å². The van der Waals surface area contributed by atoms with Crippen LogP contribution >= 0.6 is 11.6 Å². The van der Waals surface area contributed by atoms with Gasteiger partial charge in [0.15, 0.2) is 0 Å². The van der Waals surface area contributed by atoms with E-state index in [0.717, 1.165) is 6.07 Å². The number of hydrogen-bond donors (Lipinski definition) is 2. The van der Waals surface area contributed by atoms with Crippen molar-refractivity contribution in [3.8, 4) is 0 Å². The molecule has 6 nitrogen and oxygen atoms in total. The van der Waals surface area contributed by atoms with Crippen molar-refractivity contribution in [1.29, 1.82) is 0 Å². The largest absolute Gasteiger partial charge is 0.501 e.